The molecule has 4 saturated carbocycles. The topological polar surface area (TPSA) is 95.1 Å². The van der Waals surface area contributed by atoms with Gasteiger partial charge in [0.25, 0.3) is 5.91 Å². The summed E-state index contributed by atoms with van der Waals surface area (Å²) in [5, 5.41) is 12.5. The summed E-state index contributed by atoms with van der Waals surface area (Å²) < 4.78 is 0. The molecule has 4 aliphatic rings. The van der Waals surface area contributed by atoms with E-state index in [0.717, 1.165) is 53.6 Å². The van der Waals surface area contributed by atoms with Crippen molar-refractivity contribution in [1.82, 2.24) is 15.3 Å². The van der Waals surface area contributed by atoms with E-state index in [-0.39, 0.29) is 17.0 Å². The molecule has 3 aromatic rings. The highest BCUT2D eigenvalue weighted by Crippen LogP contribution is 2.55. The third-order valence-electron chi connectivity index (χ3n) is 7.57. The van der Waals surface area contributed by atoms with Gasteiger partial charge in [-0.2, -0.15) is 0 Å². The van der Waals surface area contributed by atoms with Crippen molar-refractivity contribution >= 4 is 22.9 Å². The lowest BCUT2D eigenvalue weighted by Crippen LogP contribution is -2.59. The Morgan fingerprint density at radius 1 is 0.935 bits per heavy atom. The van der Waals surface area contributed by atoms with Gasteiger partial charge >= 0.3 is 5.97 Å². The average Bonchev–Trinajstić information content (AvgIpc) is 3.16. The van der Waals surface area contributed by atoms with Gasteiger partial charge in [-0.25, -0.2) is 9.78 Å². The van der Waals surface area contributed by atoms with Crippen molar-refractivity contribution in [1.29, 1.82) is 0 Å². The highest BCUT2D eigenvalue weighted by atomic mass is 16.4. The number of hydrogen-bond acceptors (Lipinski definition) is 3. The minimum Gasteiger partial charge on any atom is -0.478 e. The van der Waals surface area contributed by atoms with Crippen LogP contribution in [0, 0.1) is 17.8 Å². The maximum atomic E-state index is 13.2. The Hall–Kier alpha value is -3.15. The quantitative estimate of drug-likeness (QED) is 0.579. The van der Waals surface area contributed by atoms with Crippen molar-refractivity contribution < 1.29 is 14.7 Å². The van der Waals surface area contributed by atoms with E-state index in [4.69, 9.17) is 5.11 Å². The summed E-state index contributed by atoms with van der Waals surface area (Å²) in [6.45, 7) is 0. The number of carboxylic acid groups (broad SMARTS) is 1. The van der Waals surface area contributed by atoms with Crippen molar-refractivity contribution in [2.45, 2.75) is 44.1 Å². The highest BCUT2D eigenvalue weighted by Gasteiger charge is 2.51. The van der Waals surface area contributed by atoms with Crippen molar-refractivity contribution in [3.05, 3.63) is 53.6 Å². The number of nitrogens with zero attached hydrogens (tertiary/aromatic N) is 1. The van der Waals surface area contributed by atoms with E-state index in [0.29, 0.717) is 11.4 Å². The number of aromatic carboxylic acids is 1. The van der Waals surface area contributed by atoms with Gasteiger partial charge in [-0.15, -0.1) is 0 Å². The van der Waals surface area contributed by atoms with Crippen LogP contribution in [0.2, 0.25) is 0 Å². The molecule has 7 rings (SSSR count). The molecule has 2 aromatic carbocycles. The first kappa shape index (κ1) is 18.6. The number of aromatic nitrogens is 2. The van der Waals surface area contributed by atoms with E-state index in [2.05, 4.69) is 15.3 Å². The van der Waals surface area contributed by atoms with E-state index in [9.17, 15) is 9.59 Å². The first-order valence-electron chi connectivity index (χ1n) is 11.1. The molecule has 1 amide bonds. The number of carbonyl (C=O) groups is 2. The van der Waals surface area contributed by atoms with Crippen LogP contribution >= 0.6 is 0 Å². The van der Waals surface area contributed by atoms with Gasteiger partial charge in [0.2, 0.25) is 0 Å². The molecule has 0 saturated heterocycles. The van der Waals surface area contributed by atoms with E-state index in [1.807, 2.05) is 18.2 Å². The minimum absolute atomic E-state index is 0.00538. The molecule has 1 heterocycles. The van der Waals surface area contributed by atoms with Crippen LogP contribution in [0.4, 0.5) is 0 Å². The van der Waals surface area contributed by atoms with E-state index in [1.165, 1.54) is 19.3 Å². The smallest absolute Gasteiger partial charge is 0.335 e. The molecule has 0 spiro atoms. The van der Waals surface area contributed by atoms with Gasteiger partial charge in [-0.05, 0) is 86.6 Å². The number of nitrogens with one attached hydrogen (secondary N) is 2. The van der Waals surface area contributed by atoms with Crippen LogP contribution in [-0.4, -0.2) is 32.5 Å². The van der Waals surface area contributed by atoms with Crippen LogP contribution in [0.25, 0.3) is 22.4 Å². The number of rotatable bonds is 4. The Morgan fingerprint density at radius 3 is 2.16 bits per heavy atom. The molecule has 0 aliphatic heterocycles. The predicted molar refractivity (Wildman–Crippen MR) is 117 cm³/mol. The van der Waals surface area contributed by atoms with Gasteiger partial charge in [0.15, 0.2) is 0 Å². The zero-order valence-corrected chi connectivity index (χ0v) is 17.2. The van der Waals surface area contributed by atoms with Crippen LogP contribution in [0.5, 0.6) is 0 Å². The summed E-state index contributed by atoms with van der Waals surface area (Å²) in [7, 11) is 0. The van der Waals surface area contributed by atoms with Crippen molar-refractivity contribution in [2.75, 3.05) is 0 Å². The third-order valence-corrected chi connectivity index (χ3v) is 7.57. The van der Waals surface area contributed by atoms with E-state index < -0.39 is 5.97 Å². The Kier molecular flexibility index (Phi) is 4.01. The summed E-state index contributed by atoms with van der Waals surface area (Å²) >= 11 is 0. The molecule has 4 aliphatic carbocycles. The fourth-order valence-electron chi connectivity index (χ4n) is 6.63. The van der Waals surface area contributed by atoms with Gasteiger partial charge in [-0.3, -0.25) is 4.79 Å². The molecule has 6 nitrogen and oxygen atoms in total. The maximum Gasteiger partial charge on any atom is 0.335 e. The Morgan fingerprint density at radius 2 is 1.55 bits per heavy atom. The van der Waals surface area contributed by atoms with Crippen molar-refractivity contribution in [2.24, 2.45) is 17.8 Å². The minimum atomic E-state index is -0.953. The number of amides is 1. The largest absolute Gasteiger partial charge is 0.478 e. The molecule has 4 bridgehead atoms. The fraction of sp³-hybridized carbons (Fsp3) is 0.400. The number of imidazole rings is 1. The average molecular weight is 415 g/mol. The zero-order chi connectivity index (χ0) is 21.2. The molecular weight excluding hydrogens is 390 g/mol. The van der Waals surface area contributed by atoms with Gasteiger partial charge in [-0.1, -0.05) is 12.1 Å². The molecule has 0 radical (unpaired) electrons. The lowest BCUT2D eigenvalue weighted by Gasteiger charge is -2.56. The lowest BCUT2D eigenvalue weighted by atomic mass is 9.53. The molecule has 158 valence electrons. The lowest BCUT2D eigenvalue weighted by molar-refractivity contribution is -0.0167. The summed E-state index contributed by atoms with van der Waals surface area (Å²) in [4.78, 5) is 32.1. The first-order valence-corrected chi connectivity index (χ1v) is 11.1. The number of H-pyrrole nitrogens is 1. The highest BCUT2D eigenvalue weighted by molar-refractivity contribution is 5.98. The molecule has 6 heteroatoms. The molecule has 0 unspecified atom stereocenters. The summed E-state index contributed by atoms with van der Waals surface area (Å²) in [5.41, 5.74) is 3.27. The van der Waals surface area contributed by atoms with Gasteiger partial charge in [0.1, 0.15) is 5.82 Å². The van der Waals surface area contributed by atoms with E-state index >= 15 is 0 Å². The van der Waals surface area contributed by atoms with Gasteiger partial charge in [0.05, 0.1) is 16.6 Å². The monoisotopic (exact) mass is 415 g/mol. The number of hydrogen-bond donors (Lipinski definition) is 3. The summed E-state index contributed by atoms with van der Waals surface area (Å²) in [6, 6.07) is 12.2. The number of carboxylic acids is 1. The molecule has 31 heavy (non-hydrogen) atoms. The Bertz CT molecular complexity index is 1160. The van der Waals surface area contributed by atoms with Crippen LogP contribution in [0.1, 0.15) is 59.2 Å². The second-order valence-corrected chi connectivity index (χ2v) is 9.85. The number of fused-ring (bicyclic) bond motifs is 1. The number of aromatic amines is 1. The molecule has 1 aromatic heterocycles. The third kappa shape index (κ3) is 3.21. The SMILES string of the molecule is O=C(O)c1ccc(-c2nc3ccc(C(=O)NC45CC6CC(CC(C6)C4)C5)cc3[nH]2)cc1. The van der Waals surface area contributed by atoms with Crippen LogP contribution in [-0.2, 0) is 0 Å². The molecular formula is C25H25N3O3. The van der Waals surface area contributed by atoms with Crippen LogP contribution < -0.4 is 5.32 Å². The van der Waals surface area contributed by atoms with Crippen molar-refractivity contribution in [3.8, 4) is 11.4 Å². The van der Waals surface area contributed by atoms with Gasteiger partial charge in [0, 0.05) is 16.7 Å². The predicted octanol–water partition coefficient (Wildman–Crippen LogP) is 4.63. The standard InChI is InChI=1S/C25H25N3O3/c29-23(28-25-11-14-7-15(12-25)9-16(8-14)13-25)19-5-6-20-21(10-19)27-22(26-20)17-1-3-18(4-2-17)24(30)31/h1-6,10,14-16H,7-9,11-13H2,(H,26,27)(H,28,29)(H,30,31). The second-order valence-electron chi connectivity index (χ2n) is 9.85. The maximum absolute atomic E-state index is 13.2. The van der Waals surface area contributed by atoms with Gasteiger partial charge < -0.3 is 15.4 Å². The number of benzene rings is 2. The fourth-order valence-corrected chi connectivity index (χ4v) is 6.63. The normalized spacial score (nSPS) is 28.7. The number of carbonyl (C=O) groups excluding carboxylic acids is 1. The van der Waals surface area contributed by atoms with E-state index in [1.54, 1.807) is 24.3 Å². The van der Waals surface area contributed by atoms with Crippen LogP contribution in [0.15, 0.2) is 42.5 Å². The molecule has 3 N–H and O–H groups in total. The Labute approximate surface area is 180 Å². The molecule has 0 atom stereocenters. The zero-order valence-electron chi connectivity index (χ0n) is 17.2. The first-order chi connectivity index (χ1) is 15.0. The summed E-state index contributed by atoms with van der Waals surface area (Å²) in [5.74, 6) is 2.08. The Balaban J connectivity index is 1.25. The molecule has 4 fully saturated rings. The second kappa shape index (κ2) is 6.67. The van der Waals surface area contributed by atoms with Crippen molar-refractivity contribution in [3.63, 3.8) is 0 Å². The van der Waals surface area contributed by atoms with Crippen LogP contribution in [0.3, 0.4) is 0 Å². The summed E-state index contributed by atoms with van der Waals surface area (Å²) in [6.07, 6.45) is 7.46.